The van der Waals surface area contributed by atoms with Gasteiger partial charge in [0.1, 0.15) is 5.78 Å². The normalized spacial score (nSPS) is 52.8. The molecule has 0 aromatic carbocycles. The molecular weight excluding hydrogens is 331 g/mol. The summed E-state index contributed by atoms with van der Waals surface area (Å²) < 4.78 is 16.8. The fourth-order valence-electron chi connectivity index (χ4n) is 7.27. The zero-order chi connectivity index (χ0) is 19.1. The Labute approximate surface area is 154 Å². The van der Waals surface area contributed by atoms with Gasteiger partial charge >= 0.3 is 0 Å². The maximum Gasteiger partial charge on any atom is 0.178 e. The average molecular weight is 360 g/mol. The van der Waals surface area contributed by atoms with Gasteiger partial charge in [-0.1, -0.05) is 25.5 Å². The van der Waals surface area contributed by atoms with Gasteiger partial charge in [-0.3, -0.25) is 9.59 Å². The molecule has 0 heterocycles. The highest BCUT2D eigenvalue weighted by Crippen LogP contribution is 2.69. The molecule has 0 amide bonds. The number of aliphatic hydroxyl groups is 1. The number of halogens is 1. The molecule has 0 aromatic heterocycles. The molecule has 4 aliphatic carbocycles. The Morgan fingerprint density at radius 3 is 2.62 bits per heavy atom. The summed E-state index contributed by atoms with van der Waals surface area (Å²) in [4.78, 5) is 24.1. The van der Waals surface area contributed by atoms with Gasteiger partial charge in [-0.2, -0.15) is 0 Å². The number of carbonyl (C=O) groups excluding carboxylic acids is 2. The van der Waals surface area contributed by atoms with E-state index in [1.165, 1.54) is 6.08 Å². The van der Waals surface area contributed by atoms with Crippen molar-refractivity contribution in [3.05, 3.63) is 23.8 Å². The minimum absolute atomic E-state index is 0.0878. The van der Waals surface area contributed by atoms with Crippen molar-refractivity contribution in [2.75, 3.05) is 0 Å². The summed E-state index contributed by atoms with van der Waals surface area (Å²) in [5.74, 6) is -0.137. The van der Waals surface area contributed by atoms with Crippen LogP contribution in [0.15, 0.2) is 23.8 Å². The second kappa shape index (κ2) is 5.37. The third-order valence-corrected chi connectivity index (χ3v) is 8.46. The molecule has 142 valence electrons. The maximum absolute atomic E-state index is 16.8. The van der Waals surface area contributed by atoms with Crippen LogP contribution < -0.4 is 0 Å². The highest BCUT2D eigenvalue weighted by molar-refractivity contribution is 6.01. The number of carbonyl (C=O) groups is 2. The van der Waals surface area contributed by atoms with Crippen LogP contribution in [-0.4, -0.2) is 28.4 Å². The minimum atomic E-state index is -1.79. The lowest BCUT2D eigenvalue weighted by molar-refractivity contribution is -0.200. The van der Waals surface area contributed by atoms with Crippen LogP contribution in [0, 0.1) is 34.5 Å². The Morgan fingerprint density at radius 2 is 1.96 bits per heavy atom. The molecule has 3 fully saturated rings. The fraction of sp³-hybridized carbons (Fsp3) is 0.727. The van der Waals surface area contributed by atoms with E-state index in [9.17, 15) is 14.7 Å². The molecule has 8 atom stereocenters. The van der Waals surface area contributed by atoms with Crippen molar-refractivity contribution in [2.24, 2.45) is 34.5 Å². The minimum Gasteiger partial charge on any atom is -0.390 e. The molecule has 3 nitrogen and oxygen atoms in total. The van der Waals surface area contributed by atoms with Crippen LogP contribution in [0.25, 0.3) is 0 Å². The molecule has 0 radical (unpaired) electrons. The Balaban J connectivity index is 1.84. The summed E-state index contributed by atoms with van der Waals surface area (Å²) in [6.07, 6.45) is 6.16. The molecule has 0 spiro atoms. The number of aliphatic hydroxyl groups excluding tert-OH is 1. The van der Waals surface area contributed by atoms with Gasteiger partial charge in [-0.05, 0) is 68.9 Å². The third-order valence-electron chi connectivity index (χ3n) is 8.46. The molecule has 0 saturated heterocycles. The van der Waals surface area contributed by atoms with Crippen LogP contribution in [0.2, 0.25) is 0 Å². The van der Waals surface area contributed by atoms with E-state index in [0.29, 0.717) is 12.8 Å². The molecule has 4 aliphatic rings. The van der Waals surface area contributed by atoms with Crippen molar-refractivity contribution in [2.45, 2.75) is 65.2 Å². The first-order valence-corrected chi connectivity index (χ1v) is 9.88. The van der Waals surface area contributed by atoms with Crippen molar-refractivity contribution in [3.8, 4) is 0 Å². The summed E-state index contributed by atoms with van der Waals surface area (Å²) in [6.45, 7) is 7.61. The molecule has 3 saturated carbocycles. The smallest absolute Gasteiger partial charge is 0.178 e. The van der Waals surface area contributed by atoms with Gasteiger partial charge in [0.05, 0.1) is 6.10 Å². The lowest BCUT2D eigenvalue weighted by atomic mass is 9.43. The second-order valence-corrected chi connectivity index (χ2v) is 9.62. The molecule has 4 heteroatoms. The number of fused-ring (bicyclic) bond motifs is 5. The highest BCUT2D eigenvalue weighted by Gasteiger charge is 2.71. The molecular formula is C22H29FO3. The average Bonchev–Trinajstić information content (AvgIpc) is 2.89. The van der Waals surface area contributed by atoms with Crippen LogP contribution in [0.5, 0.6) is 0 Å². The lowest BCUT2D eigenvalue weighted by Gasteiger charge is -2.63. The van der Waals surface area contributed by atoms with Crippen molar-refractivity contribution in [1.29, 1.82) is 0 Å². The number of Topliss-reactive ketones (excluding diaryl/α,β-unsaturated/α-hetero) is 1. The number of alkyl halides is 1. The van der Waals surface area contributed by atoms with Crippen LogP contribution in [0.4, 0.5) is 4.39 Å². The Hall–Kier alpha value is -1.29. The first kappa shape index (κ1) is 18.1. The van der Waals surface area contributed by atoms with E-state index in [4.69, 9.17) is 0 Å². The number of rotatable bonds is 1. The molecule has 6 unspecified atom stereocenters. The number of allylic oxidation sites excluding steroid dienone is 4. The number of hydrogen-bond acceptors (Lipinski definition) is 3. The summed E-state index contributed by atoms with van der Waals surface area (Å²) in [7, 11) is 0. The van der Waals surface area contributed by atoms with Crippen molar-refractivity contribution >= 4 is 11.6 Å². The van der Waals surface area contributed by atoms with E-state index in [0.717, 1.165) is 18.4 Å². The Morgan fingerprint density at radius 1 is 1.27 bits per heavy atom. The predicted octanol–water partition coefficient (Wildman–Crippen LogP) is 3.81. The molecule has 0 bridgehead atoms. The van der Waals surface area contributed by atoms with E-state index in [1.807, 2.05) is 6.92 Å². The quantitative estimate of drug-likeness (QED) is 0.774. The molecule has 0 aromatic rings. The Kier molecular flexibility index (Phi) is 3.74. The van der Waals surface area contributed by atoms with Gasteiger partial charge in [0.2, 0.25) is 0 Å². The highest BCUT2D eigenvalue weighted by atomic mass is 19.1. The standard InChI is InChI=1S/C22H29FO3/c1-12-9-18-16-6-5-15(13(2)24)20(16,3)11-19(26)22(18,23)21(4)8-7-14(25)10-17(12)21/h7-8,10,12,15-16,18-19,26H,5-6,9,11H2,1-4H3/t12-,15?,16?,18?,19?,20?,21?,22-/m0/s1. The number of ketones is 2. The summed E-state index contributed by atoms with van der Waals surface area (Å²) in [6, 6.07) is 0. The van der Waals surface area contributed by atoms with Gasteiger partial charge in [-0.15, -0.1) is 0 Å². The van der Waals surface area contributed by atoms with Gasteiger partial charge < -0.3 is 5.11 Å². The largest absolute Gasteiger partial charge is 0.390 e. The maximum atomic E-state index is 16.8. The van der Waals surface area contributed by atoms with Gasteiger partial charge in [-0.25, -0.2) is 4.39 Å². The van der Waals surface area contributed by atoms with Crippen molar-refractivity contribution < 1.29 is 19.1 Å². The van der Waals surface area contributed by atoms with Crippen LogP contribution in [-0.2, 0) is 9.59 Å². The molecule has 4 rings (SSSR count). The monoisotopic (exact) mass is 360 g/mol. The van der Waals surface area contributed by atoms with Crippen LogP contribution in [0.3, 0.4) is 0 Å². The fourth-order valence-corrected chi connectivity index (χ4v) is 7.27. The first-order valence-electron chi connectivity index (χ1n) is 9.88. The molecule has 0 aliphatic heterocycles. The SMILES string of the molecule is CC(=O)C1CCC2C3C[C@H](C)C4=CC(=O)C=CC4(C)[C@@]3(F)C(O)CC12C. The van der Waals surface area contributed by atoms with Gasteiger partial charge in [0.25, 0.3) is 0 Å². The topological polar surface area (TPSA) is 54.4 Å². The van der Waals surface area contributed by atoms with E-state index >= 15 is 4.39 Å². The van der Waals surface area contributed by atoms with Gasteiger partial charge in [0, 0.05) is 17.3 Å². The van der Waals surface area contributed by atoms with E-state index in [-0.39, 0.29) is 40.7 Å². The van der Waals surface area contributed by atoms with E-state index < -0.39 is 17.2 Å². The number of hydrogen-bond donors (Lipinski definition) is 1. The third kappa shape index (κ3) is 1.97. The van der Waals surface area contributed by atoms with Crippen molar-refractivity contribution in [3.63, 3.8) is 0 Å². The lowest BCUT2D eigenvalue weighted by Crippen LogP contribution is -2.67. The van der Waals surface area contributed by atoms with E-state index in [1.54, 1.807) is 19.1 Å². The summed E-state index contributed by atoms with van der Waals surface area (Å²) in [5, 5.41) is 11.1. The van der Waals surface area contributed by atoms with Crippen molar-refractivity contribution in [1.82, 2.24) is 0 Å². The predicted molar refractivity (Wildman–Crippen MR) is 97.1 cm³/mol. The second-order valence-electron chi connectivity index (χ2n) is 9.62. The Bertz CT molecular complexity index is 740. The molecule has 1 N–H and O–H groups in total. The zero-order valence-electron chi connectivity index (χ0n) is 16.1. The summed E-state index contributed by atoms with van der Waals surface area (Å²) >= 11 is 0. The first-order chi connectivity index (χ1) is 12.1. The molecule has 26 heavy (non-hydrogen) atoms. The van der Waals surface area contributed by atoms with Crippen LogP contribution >= 0.6 is 0 Å². The van der Waals surface area contributed by atoms with Crippen LogP contribution in [0.1, 0.15) is 53.4 Å². The zero-order valence-corrected chi connectivity index (χ0v) is 16.1. The summed E-state index contributed by atoms with van der Waals surface area (Å²) in [5.41, 5.74) is -2.28. The van der Waals surface area contributed by atoms with E-state index in [2.05, 4.69) is 13.8 Å². The van der Waals surface area contributed by atoms with Gasteiger partial charge in [0.15, 0.2) is 11.5 Å².